The number of aromatic nitrogens is 3. The Balaban J connectivity index is 1.34. The van der Waals surface area contributed by atoms with Gasteiger partial charge in [-0.1, -0.05) is 0 Å². The zero-order valence-corrected chi connectivity index (χ0v) is 23.7. The van der Waals surface area contributed by atoms with Crippen LogP contribution in [0.25, 0.3) is 10.8 Å². The Bertz CT molecular complexity index is 1610. The number of sulfone groups is 1. The summed E-state index contributed by atoms with van der Waals surface area (Å²) in [6.45, 7) is 4.05. The lowest BCUT2D eigenvalue weighted by atomic mass is 9.89. The van der Waals surface area contributed by atoms with Crippen molar-refractivity contribution in [2.75, 3.05) is 25.3 Å². The van der Waals surface area contributed by atoms with Crippen molar-refractivity contribution in [2.45, 2.75) is 67.9 Å². The Kier molecular flexibility index (Phi) is 6.28. The van der Waals surface area contributed by atoms with Crippen LogP contribution in [0, 0.1) is 0 Å². The molecule has 3 N–H and O–H groups in total. The first kappa shape index (κ1) is 26.9. The summed E-state index contributed by atoms with van der Waals surface area (Å²) in [5.41, 5.74) is 7.59. The molecule has 2 saturated carbocycles. The number of nitrogens with two attached hydrogens (primary N) is 1. The first-order valence-electron chi connectivity index (χ1n) is 13.3. The Morgan fingerprint density at radius 1 is 1.18 bits per heavy atom. The van der Waals surface area contributed by atoms with Gasteiger partial charge in [0.25, 0.3) is 0 Å². The van der Waals surface area contributed by atoms with Gasteiger partial charge in [-0.3, -0.25) is 0 Å². The summed E-state index contributed by atoms with van der Waals surface area (Å²) < 4.78 is 40.7. The Morgan fingerprint density at radius 3 is 2.60 bits per heavy atom. The number of ether oxygens (including phenoxy) is 3. The molecule has 12 heteroatoms. The fourth-order valence-electron chi connectivity index (χ4n) is 5.74. The molecule has 0 bridgehead atoms. The van der Waals surface area contributed by atoms with Crippen LogP contribution in [0.4, 0.5) is 11.6 Å². The summed E-state index contributed by atoms with van der Waals surface area (Å²) >= 11 is 0. The summed E-state index contributed by atoms with van der Waals surface area (Å²) in [4.78, 5) is 26.4. The van der Waals surface area contributed by atoms with Crippen LogP contribution in [-0.2, 0) is 30.3 Å². The predicted octanol–water partition coefficient (Wildman–Crippen LogP) is 3.13. The lowest BCUT2D eigenvalue weighted by molar-refractivity contribution is 0.0183. The quantitative estimate of drug-likeness (QED) is 0.386. The SMILES string of the molecule is COCC(C)(N)c1cnc(OC2CC(S(C)(=O)=O)C2)c2cnc(Nc3ccc4c(n3)C3(CC3)[C@@H](C)OC4=O)cc12. The minimum atomic E-state index is -3.10. The number of hydrogen-bond donors (Lipinski definition) is 2. The number of nitrogens with zero attached hydrogens (tertiary/aromatic N) is 3. The molecule has 212 valence electrons. The second kappa shape index (κ2) is 9.35. The van der Waals surface area contributed by atoms with Gasteiger partial charge in [-0.15, -0.1) is 0 Å². The second-order valence-electron chi connectivity index (χ2n) is 11.5. The molecule has 3 aromatic rings. The van der Waals surface area contributed by atoms with Crippen LogP contribution in [0.15, 0.2) is 30.6 Å². The van der Waals surface area contributed by atoms with Gasteiger partial charge in [-0.25, -0.2) is 28.2 Å². The van der Waals surface area contributed by atoms with E-state index in [9.17, 15) is 13.2 Å². The minimum absolute atomic E-state index is 0.214. The average molecular weight is 568 g/mol. The van der Waals surface area contributed by atoms with E-state index in [2.05, 4.69) is 15.3 Å². The Labute approximate surface area is 232 Å². The topological polar surface area (TPSA) is 156 Å². The van der Waals surface area contributed by atoms with E-state index in [0.717, 1.165) is 29.5 Å². The predicted molar refractivity (Wildman–Crippen MR) is 149 cm³/mol. The number of esters is 1. The number of cyclic esters (lactones) is 1. The lowest BCUT2D eigenvalue weighted by Gasteiger charge is -2.34. The molecule has 4 heterocycles. The fourth-order valence-corrected chi connectivity index (χ4v) is 6.87. The Morgan fingerprint density at radius 2 is 1.93 bits per heavy atom. The molecular formula is C28H33N5O6S. The number of rotatable bonds is 8. The number of carbonyl (C=O) groups excluding carboxylic acids is 1. The smallest absolute Gasteiger partial charge is 0.340 e. The van der Waals surface area contributed by atoms with E-state index in [1.54, 1.807) is 31.6 Å². The van der Waals surface area contributed by atoms with Crippen LogP contribution in [-0.4, -0.2) is 66.8 Å². The molecule has 1 aliphatic heterocycles. The van der Waals surface area contributed by atoms with Gasteiger partial charge in [-0.2, -0.15) is 0 Å². The molecule has 0 saturated heterocycles. The number of methoxy groups -OCH3 is 1. The minimum Gasteiger partial charge on any atom is -0.474 e. The molecule has 3 aliphatic rings. The molecule has 3 aromatic heterocycles. The van der Waals surface area contributed by atoms with Crippen molar-refractivity contribution < 1.29 is 27.4 Å². The van der Waals surface area contributed by atoms with Gasteiger partial charge in [0.1, 0.15) is 23.8 Å². The van der Waals surface area contributed by atoms with Gasteiger partial charge in [-0.05, 0) is 50.3 Å². The van der Waals surface area contributed by atoms with Crippen molar-refractivity contribution in [2.24, 2.45) is 5.73 Å². The highest BCUT2D eigenvalue weighted by molar-refractivity contribution is 7.91. The van der Waals surface area contributed by atoms with Gasteiger partial charge in [0.15, 0.2) is 9.84 Å². The zero-order valence-electron chi connectivity index (χ0n) is 22.9. The maximum absolute atomic E-state index is 12.4. The summed E-state index contributed by atoms with van der Waals surface area (Å²) in [5.74, 6) is 1.13. The highest BCUT2D eigenvalue weighted by atomic mass is 32.2. The maximum atomic E-state index is 12.4. The van der Waals surface area contributed by atoms with Gasteiger partial charge >= 0.3 is 5.97 Å². The number of carbonyl (C=O) groups is 1. The molecule has 1 spiro atoms. The first-order chi connectivity index (χ1) is 18.9. The number of nitrogens with one attached hydrogen (secondary N) is 1. The van der Waals surface area contributed by atoms with E-state index in [4.69, 9.17) is 24.9 Å². The van der Waals surface area contributed by atoms with Crippen LogP contribution < -0.4 is 15.8 Å². The van der Waals surface area contributed by atoms with Crippen molar-refractivity contribution in [3.05, 3.63) is 47.4 Å². The molecule has 2 aliphatic carbocycles. The summed E-state index contributed by atoms with van der Waals surface area (Å²) in [6, 6.07) is 5.36. The van der Waals surface area contributed by atoms with Gasteiger partial charge in [0.2, 0.25) is 5.88 Å². The first-order valence-corrected chi connectivity index (χ1v) is 15.3. The third kappa shape index (κ3) is 4.57. The lowest BCUT2D eigenvalue weighted by Crippen LogP contribution is -2.42. The van der Waals surface area contributed by atoms with Crippen LogP contribution in [0.2, 0.25) is 0 Å². The van der Waals surface area contributed by atoms with Crippen LogP contribution in [0.1, 0.15) is 61.1 Å². The van der Waals surface area contributed by atoms with Gasteiger partial charge < -0.3 is 25.3 Å². The third-order valence-corrected chi connectivity index (χ3v) is 10.0. The molecule has 0 radical (unpaired) electrons. The van der Waals surface area contributed by atoms with Crippen LogP contribution in [0.5, 0.6) is 5.88 Å². The van der Waals surface area contributed by atoms with Gasteiger partial charge in [0.05, 0.1) is 39.5 Å². The highest BCUT2D eigenvalue weighted by Gasteiger charge is 2.56. The fraction of sp³-hybridized carbons (Fsp3) is 0.500. The third-order valence-electron chi connectivity index (χ3n) is 8.42. The second-order valence-corrected chi connectivity index (χ2v) is 13.9. The summed E-state index contributed by atoms with van der Waals surface area (Å²) in [7, 11) is -1.51. The molecular weight excluding hydrogens is 534 g/mol. The van der Waals surface area contributed by atoms with E-state index in [1.165, 1.54) is 6.26 Å². The zero-order chi connectivity index (χ0) is 28.4. The molecule has 40 heavy (non-hydrogen) atoms. The van der Waals surface area contributed by atoms with Gasteiger partial charge in [0, 0.05) is 44.2 Å². The van der Waals surface area contributed by atoms with Crippen molar-refractivity contribution in [3.63, 3.8) is 0 Å². The Hall–Kier alpha value is -3.35. The van der Waals surface area contributed by atoms with Crippen molar-refractivity contribution in [3.8, 4) is 5.88 Å². The van der Waals surface area contributed by atoms with Crippen molar-refractivity contribution in [1.82, 2.24) is 15.0 Å². The largest absolute Gasteiger partial charge is 0.474 e. The summed E-state index contributed by atoms with van der Waals surface area (Å²) in [6.07, 6.45) is 6.84. The van der Waals surface area contributed by atoms with E-state index in [-0.39, 0.29) is 30.2 Å². The molecule has 6 rings (SSSR count). The molecule has 1 unspecified atom stereocenters. The maximum Gasteiger partial charge on any atom is 0.340 e. The normalized spacial score (nSPS) is 24.5. The van der Waals surface area contributed by atoms with E-state index < -0.39 is 20.6 Å². The average Bonchev–Trinajstić information content (AvgIpc) is 3.66. The van der Waals surface area contributed by atoms with E-state index in [1.807, 2.05) is 19.9 Å². The van der Waals surface area contributed by atoms with E-state index in [0.29, 0.717) is 41.3 Å². The van der Waals surface area contributed by atoms with E-state index >= 15 is 0 Å². The molecule has 11 nitrogen and oxygen atoms in total. The molecule has 2 atom stereocenters. The molecule has 0 aromatic carbocycles. The van der Waals surface area contributed by atoms with Crippen LogP contribution >= 0.6 is 0 Å². The highest BCUT2D eigenvalue weighted by Crippen LogP contribution is 2.54. The number of pyridine rings is 3. The standard InChI is InChI=1S/C28H33N5O6S/c1-15-28(7-8-28)24-18(26(34)38-15)5-6-22(33-24)32-23-11-19-20(12-30-23)25(31-13-21(19)27(2,29)14-37-3)39-16-9-17(10-16)40(4,35)36/h5-6,11-13,15-17H,7-10,14,29H2,1-4H3,(H,30,32,33)/t15-,16?,17?,27?/m1/s1. The summed E-state index contributed by atoms with van der Waals surface area (Å²) in [5, 5.41) is 4.32. The van der Waals surface area contributed by atoms with Crippen LogP contribution in [0.3, 0.4) is 0 Å². The number of fused-ring (bicyclic) bond motifs is 3. The number of hydrogen-bond acceptors (Lipinski definition) is 11. The number of anilines is 2. The van der Waals surface area contributed by atoms with Crippen molar-refractivity contribution >= 4 is 38.2 Å². The molecule has 2 fully saturated rings. The monoisotopic (exact) mass is 567 g/mol. The molecule has 0 amide bonds. The van der Waals surface area contributed by atoms with Crippen molar-refractivity contribution in [1.29, 1.82) is 0 Å².